The van der Waals surface area contributed by atoms with Crippen LogP contribution >= 0.6 is 34.4 Å². The molecule has 114 valence electrons. The molecule has 0 fully saturated rings. The molecular weight excluding hydrogens is 336 g/mol. The van der Waals surface area contributed by atoms with Crippen LogP contribution < -0.4 is 0 Å². The van der Waals surface area contributed by atoms with E-state index in [4.69, 9.17) is 0 Å². The molecule has 8 heteroatoms. The van der Waals surface area contributed by atoms with Crippen molar-refractivity contribution in [3.8, 4) is 0 Å². The van der Waals surface area contributed by atoms with Crippen LogP contribution in [0, 0.1) is 0 Å². The average Bonchev–Trinajstić information content (AvgIpc) is 3.19. The number of carbonyl (C=O) groups is 1. The van der Waals surface area contributed by atoms with Gasteiger partial charge in [-0.1, -0.05) is 35.2 Å². The Balaban J connectivity index is 1.67. The largest absolute Gasteiger partial charge is 0.336 e. The third-order valence-electron chi connectivity index (χ3n) is 3.30. The molecule has 0 saturated heterocycles. The number of fused-ring (bicyclic) bond motifs is 1. The van der Waals surface area contributed by atoms with Crippen molar-refractivity contribution in [1.29, 1.82) is 0 Å². The Labute approximate surface area is 140 Å². The maximum Gasteiger partial charge on any atom is 0.233 e. The zero-order chi connectivity index (χ0) is 15.5. The van der Waals surface area contributed by atoms with Crippen LogP contribution in [0.3, 0.4) is 0 Å². The van der Waals surface area contributed by atoms with Gasteiger partial charge in [0.2, 0.25) is 5.91 Å². The third kappa shape index (κ3) is 3.29. The number of hydrogen-bond acceptors (Lipinski definition) is 7. The van der Waals surface area contributed by atoms with E-state index in [1.165, 1.54) is 23.1 Å². The molecule has 2 aromatic heterocycles. The molecule has 0 aliphatic rings. The molecule has 2 heterocycles. The highest BCUT2D eigenvalue weighted by molar-refractivity contribution is 8.01. The van der Waals surface area contributed by atoms with E-state index in [0.717, 1.165) is 19.6 Å². The van der Waals surface area contributed by atoms with Crippen LogP contribution in [0.5, 0.6) is 0 Å². The molecule has 1 amide bonds. The molecule has 0 aliphatic heterocycles. The Bertz CT molecular complexity index is 738. The lowest BCUT2D eigenvalue weighted by molar-refractivity contribution is -0.128. The van der Waals surface area contributed by atoms with E-state index in [-0.39, 0.29) is 11.9 Å². The Hall–Kier alpha value is -1.51. The molecule has 0 unspecified atom stereocenters. The van der Waals surface area contributed by atoms with Crippen LogP contribution in [0.2, 0.25) is 0 Å². The lowest BCUT2D eigenvalue weighted by Crippen LogP contribution is -2.31. The average molecular weight is 350 g/mol. The van der Waals surface area contributed by atoms with E-state index < -0.39 is 0 Å². The van der Waals surface area contributed by atoms with Gasteiger partial charge in [-0.2, -0.15) is 0 Å². The summed E-state index contributed by atoms with van der Waals surface area (Å²) < 4.78 is 1.96. The molecule has 1 aromatic carbocycles. The minimum Gasteiger partial charge on any atom is -0.336 e. The lowest BCUT2D eigenvalue weighted by atomic mass is 10.3. The van der Waals surface area contributed by atoms with Crippen molar-refractivity contribution in [2.24, 2.45) is 0 Å². The second-order valence-corrected chi connectivity index (χ2v) is 7.81. The van der Waals surface area contributed by atoms with E-state index in [1.54, 1.807) is 21.7 Å². The highest BCUT2D eigenvalue weighted by Gasteiger charge is 2.21. The zero-order valence-corrected chi connectivity index (χ0v) is 14.5. The maximum absolute atomic E-state index is 12.3. The smallest absolute Gasteiger partial charge is 0.233 e. The SMILES string of the molecule is C[C@H](c1nc2ccccc2s1)N(C)C(=O)CSc1nncs1. The minimum atomic E-state index is -0.0417. The predicted octanol–water partition coefficient (Wildman–Crippen LogP) is 3.46. The predicted molar refractivity (Wildman–Crippen MR) is 91.4 cm³/mol. The number of para-hydroxylation sites is 1. The number of thioether (sulfide) groups is 1. The van der Waals surface area contributed by atoms with Crippen molar-refractivity contribution < 1.29 is 4.79 Å². The van der Waals surface area contributed by atoms with Gasteiger partial charge >= 0.3 is 0 Å². The molecule has 3 rings (SSSR count). The van der Waals surface area contributed by atoms with Crippen LogP contribution in [0.15, 0.2) is 34.1 Å². The lowest BCUT2D eigenvalue weighted by Gasteiger charge is -2.22. The molecule has 0 saturated carbocycles. The fourth-order valence-electron chi connectivity index (χ4n) is 1.90. The maximum atomic E-state index is 12.3. The van der Waals surface area contributed by atoms with Gasteiger partial charge in [0.25, 0.3) is 0 Å². The summed E-state index contributed by atoms with van der Waals surface area (Å²) in [7, 11) is 1.82. The highest BCUT2D eigenvalue weighted by Crippen LogP contribution is 2.29. The Morgan fingerprint density at radius 1 is 1.41 bits per heavy atom. The summed E-state index contributed by atoms with van der Waals surface area (Å²) in [6.07, 6.45) is 0. The first-order valence-corrected chi connectivity index (χ1v) is 9.33. The van der Waals surface area contributed by atoms with Crippen molar-refractivity contribution in [2.75, 3.05) is 12.8 Å². The molecule has 22 heavy (non-hydrogen) atoms. The third-order valence-corrected chi connectivity index (χ3v) is 6.35. The van der Waals surface area contributed by atoms with Crippen molar-refractivity contribution in [2.45, 2.75) is 17.3 Å². The number of hydrogen-bond donors (Lipinski definition) is 0. The van der Waals surface area contributed by atoms with Gasteiger partial charge in [-0.15, -0.1) is 21.5 Å². The van der Waals surface area contributed by atoms with Gasteiger partial charge in [0.15, 0.2) is 4.34 Å². The normalized spacial score (nSPS) is 12.5. The molecule has 0 bridgehead atoms. The molecule has 0 aliphatic carbocycles. The number of aromatic nitrogens is 3. The molecule has 0 N–H and O–H groups in total. The molecular formula is C14H14N4OS3. The summed E-state index contributed by atoms with van der Waals surface area (Å²) in [5.41, 5.74) is 2.65. The number of nitrogens with zero attached hydrogens (tertiary/aromatic N) is 4. The first kappa shape index (κ1) is 15.4. The summed E-state index contributed by atoms with van der Waals surface area (Å²) in [6.45, 7) is 2.01. The number of amides is 1. The van der Waals surface area contributed by atoms with E-state index >= 15 is 0 Å². The second kappa shape index (κ2) is 6.72. The molecule has 3 aromatic rings. The second-order valence-electron chi connectivity index (χ2n) is 4.69. The van der Waals surface area contributed by atoms with Crippen LogP contribution in [0.4, 0.5) is 0 Å². The van der Waals surface area contributed by atoms with Crippen LogP contribution in [0.25, 0.3) is 10.2 Å². The van der Waals surface area contributed by atoms with Gasteiger partial charge in [-0.05, 0) is 19.1 Å². The molecule has 0 radical (unpaired) electrons. The van der Waals surface area contributed by atoms with Gasteiger partial charge in [0.1, 0.15) is 10.5 Å². The Kier molecular flexibility index (Phi) is 4.70. The van der Waals surface area contributed by atoms with E-state index in [0.29, 0.717) is 5.75 Å². The quantitative estimate of drug-likeness (QED) is 0.660. The molecule has 1 atom stereocenters. The Morgan fingerprint density at radius 2 is 2.23 bits per heavy atom. The first-order chi connectivity index (χ1) is 10.6. The molecule has 5 nitrogen and oxygen atoms in total. The van der Waals surface area contributed by atoms with Gasteiger partial charge < -0.3 is 4.90 Å². The standard InChI is InChI=1S/C14H14N4OS3/c1-9(13-16-10-5-3-4-6-11(10)22-13)18(2)12(19)7-20-14-17-15-8-21-14/h3-6,8-9H,7H2,1-2H3/t9-/m1/s1. The van der Waals surface area contributed by atoms with E-state index in [9.17, 15) is 4.79 Å². The Morgan fingerprint density at radius 3 is 2.95 bits per heavy atom. The van der Waals surface area contributed by atoms with Crippen LogP contribution in [0.1, 0.15) is 18.0 Å². The van der Waals surface area contributed by atoms with Gasteiger partial charge in [-0.3, -0.25) is 4.79 Å². The summed E-state index contributed by atoms with van der Waals surface area (Å²) in [6, 6.07) is 7.98. The van der Waals surface area contributed by atoms with Crippen molar-refractivity contribution in [3.63, 3.8) is 0 Å². The van der Waals surface area contributed by atoms with E-state index in [2.05, 4.69) is 21.2 Å². The summed E-state index contributed by atoms with van der Waals surface area (Å²) >= 11 is 4.50. The van der Waals surface area contributed by atoms with Gasteiger partial charge in [0.05, 0.1) is 22.0 Å². The molecule has 0 spiro atoms. The monoisotopic (exact) mass is 350 g/mol. The number of benzene rings is 1. The van der Waals surface area contributed by atoms with Gasteiger partial charge in [-0.25, -0.2) is 4.98 Å². The van der Waals surface area contributed by atoms with Crippen LogP contribution in [-0.2, 0) is 4.79 Å². The van der Waals surface area contributed by atoms with Crippen molar-refractivity contribution in [1.82, 2.24) is 20.1 Å². The summed E-state index contributed by atoms with van der Waals surface area (Å²) in [5.74, 6) is 0.424. The fraction of sp³-hybridized carbons (Fsp3) is 0.286. The van der Waals surface area contributed by atoms with Gasteiger partial charge in [0, 0.05) is 7.05 Å². The number of thiazole rings is 1. The summed E-state index contributed by atoms with van der Waals surface area (Å²) in [5, 5.41) is 8.65. The first-order valence-electron chi connectivity index (χ1n) is 6.65. The fourth-order valence-corrected chi connectivity index (χ4v) is 4.38. The number of carbonyl (C=O) groups excluding carboxylic acids is 1. The van der Waals surface area contributed by atoms with Crippen molar-refractivity contribution in [3.05, 3.63) is 34.8 Å². The zero-order valence-electron chi connectivity index (χ0n) is 12.1. The number of rotatable bonds is 5. The van der Waals surface area contributed by atoms with E-state index in [1.807, 2.05) is 32.2 Å². The van der Waals surface area contributed by atoms with Crippen molar-refractivity contribution >= 4 is 50.6 Å². The minimum absolute atomic E-state index is 0.0417. The topological polar surface area (TPSA) is 59.0 Å². The van der Waals surface area contributed by atoms with Crippen LogP contribution in [-0.4, -0.2) is 38.8 Å². The summed E-state index contributed by atoms with van der Waals surface area (Å²) in [4.78, 5) is 18.7. The highest BCUT2D eigenvalue weighted by atomic mass is 32.2.